The van der Waals surface area contributed by atoms with Gasteiger partial charge in [0.2, 0.25) is 5.89 Å². The van der Waals surface area contributed by atoms with Crippen molar-refractivity contribution < 1.29 is 4.52 Å². The van der Waals surface area contributed by atoms with Crippen LogP contribution in [-0.2, 0) is 13.0 Å². The van der Waals surface area contributed by atoms with Gasteiger partial charge in [-0.1, -0.05) is 23.4 Å². The van der Waals surface area contributed by atoms with Crippen molar-refractivity contribution in [1.82, 2.24) is 30.6 Å². The Balaban J connectivity index is 1.70. The maximum Gasteiger partial charge on any atom is 0.228 e. The van der Waals surface area contributed by atoms with Crippen LogP contribution in [0.25, 0.3) is 5.69 Å². The van der Waals surface area contributed by atoms with Gasteiger partial charge in [0.1, 0.15) is 0 Å². The third-order valence-corrected chi connectivity index (χ3v) is 4.18. The number of aryl methyl sites for hydroxylation is 3. The first-order valence-electron chi connectivity index (χ1n) is 9.49. The highest BCUT2D eigenvalue weighted by molar-refractivity contribution is 5.79. The quantitative estimate of drug-likeness (QED) is 0.482. The Bertz CT molecular complexity index is 942. The average molecular weight is 381 g/mol. The molecule has 0 unspecified atom stereocenters. The van der Waals surface area contributed by atoms with E-state index in [1.807, 2.05) is 37.6 Å². The molecule has 0 saturated carbocycles. The Labute approximate surface area is 165 Å². The normalized spacial score (nSPS) is 11.6. The van der Waals surface area contributed by atoms with Crippen LogP contribution in [-0.4, -0.2) is 39.0 Å². The lowest BCUT2D eigenvalue weighted by molar-refractivity contribution is 0.374. The molecule has 3 rings (SSSR count). The van der Waals surface area contributed by atoms with E-state index in [1.54, 1.807) is 0 Å². The standard InChI is InChI=1S/C20H27N7O/c1-5-21-20(22-11-10-19-24-16(4)26-28-19)23-13-17-8-6-7-9-18(17)27-15(3)12-14(2)25-27/h6-9,12H,5,10-11,13H2,1-4H3,(H2,21,22,23). The Hall–Kier alpha value is -3.16. The lowest BCUT2D eigenvalue weighted by Gasteiger charge is -2.12. The Morgan fingerprint density at radius 3 is 2.68 bits per heavy atom. The number of aromatic nitrogens is 4. The summed E-state index contributed by atoms with van der Waals surface area (Å²) in [6, 6.07) is 10.3. The van der Waals surface area contributed by atoms with Crippen LogP contribution in [0.1, 0.15) is 35.6 Å². The maximum absolute atomic E-state index is 5.14. The van der Waals surface area contributed by atoms with Crippen LogP contribution in [0.15, 0.2) is 39.8 Å². The first kappa shape index (κ1) is 19.6. The summed E-state index contributed by atoms with van der Waals surface area (Å²) in [7, 11) is 0. The molecule has 0 aliphatic rings. The summed E-state index contributed by atoms with van der Waals surface area (Å²) in [4.78, 5) is 8.94. The van der Waals surface area contributed by atoms with Crippen LogP contribution >= 0.6 is 0 Å². The van der Waals surface area contributed by atoms with Gasteiger partial charge in [-0.25, -0.2) is 9.67 Å². The molecule has 0 fully saturated rings. The van der Waals surface area contributed by atoms with E-state index >= 15 is 0 Å². The van der Waals surface area contributed by atoms with Gasteiger partial charge < -0.3 is 15.2 Å². The highest BCUT2D eigenvalue weighted by atomic mass is 16.5. The zero-order valence-electron chi connectivity index (χ0n) is 16.9. The number of benzene rings is 1. The molecule has 148 valence electrons. The second-order valence-electron chi connectivity index (χ2n) is 6.57. The van der Waals surface area contributed by atoms with Gasteiger partial charge in [0, 0.05) is 25.2 Å². The number of nitrogens with one attached hydrogen (secondary N) is 2. The number of hydrogen-bond acceptors (Lipinski definition) is 5. The van der Waals surface area contributed by atoms with E-state index in [4.69, 9.17) is 9.52 Å². The van der Waals surface area contributed by atoms with Gasteiger partial charge in [0.15, 0.2) is 11.8 Å². The van der Waals surface area contributed by atoms with Crippen molar-refractivity contribution in [2.24, 2.45) is 4.99 Å². The van der Waals surface area contributed by atoms with E-state index in [9.17, 15) is 0 Å². The SMILES string of the molecule is CCNC(=NCc1ccccc1-n1nc(C)cc1C)NCCc1nc(C)no1. The molecule has 2 heterocycles. The zero-order chi connectivity index (χ0) is 19.9. The molecule has 0 spiro atoms. The molecule has 28 heavy (non-hydrogen) atoms. The second-order valence-corrected chi connectivity index (χ2v) is 6.57. The highest BCUT2D eigenvalue weighted by Crippen LogP contribution is 2.17. The molecule has 0 aliphatic heterocycles. The molecule has 0 radical (unpaired) electrons. The molecule has 0 saturated heterocycles. The van der Waals surface area contributed by atoms with E-state index in [0.717, 1.165) is 35.1 Å². The number of aliphatic imine (C=N–C) groups is 1. The van der Waals surface area contributed by atoms with Crippen molar-refractivity contribution in [3.05, 3.63) is 59.0 Å². The fourth-order valence-corrected chi connectivity index (χ4v) is 2.96. The van der Waals surface area contributed by atoms with Gasteiger partial charge in [-0.15, -0.1) is 0 Å². The fraction of sp³-hybridized carbons (Fsp3) is 0.400. The Morgan fingerprint density at radius 1 is 1.18 bits per heavy atom. The van der Waals surface area contributed by atoms with Crippen molar-refractivity contribution in [2.75, 3.05) is 13.1 Å². The number of hydrogen-bond donors (Lipinski definition) is 2. The van der Waals surface area contributed by atoms with Crippen LogP contribution in [0, 0.1) is 20.8 Å². The summed E-state index contributed by atoms with van der Waals surface area (Å²) in [5.74, 6) is 2.02. The molecule has 0 atom stereocenters. The minimum absolute atomic E-state index is 0.545. The van der Waals surface area contributed by atoms with Gasteiger partial charge in [0.25, 0.3) is 0 Å². The van der Waals surface area contributed by atoms with Gasteiger partial charge in [0.05, 0.1) is 17.9 Å². The molecule has 2 aromatic heterocycles. The first-order valence-corrected chi connectivity index (χ1v) is 9.49. The predicted molar refractivity (Wildman–Crippen MR) is 109 cm³/mol. The third kappa shape index (κ3) is 4.97. The lowest BCUT2D eigenvalue weighted by Crippen LogP contribution is -2.38. The number of nitrogens with zero attached hydrogens (tertiary/aromatic N) is 5. The molecule has 8 heteroatoms. The Morgan fingerprint density at radius 2 is 2.00 bits per heavy atom. The third-order valence-electron chi connectivity index (χ3n) is 4.18. The monoisotopic (exact) mass is 381 g/mol. The van der Waals surface area contributed by atoms with E-state index in [-0.39, 0.29) is 0 Å². The minimum Gasteiger partial charge on any atom is -0.357 e. The topological polar surface area (TPSA) is 93.2 Å². The Kier molecular flexibility index (Phi) is 6.41. The smallest absolute Gasteiger partial charge is 0.228 e. The number of guanidine groups is 1. The molecule has 2 N–H and O–H groups in total. The van der Waals surface area contributed by atoms with Gasteiger partial charge in [-0.3, -0.25) is 0 Å². The molecule has 0 aliphatic carbocycles. The lowest BCUT2D eigenvalue weighted by atomic mass is 10.2. The summed E-state index contributed by atoms with van der Waals surface area (Å²) in [6.07, 6.45) is 0.646. The number of para-hydroxylation sites is 1. The summed E-state index contributed by atoms with van der Waals surface area (Å²) >= 11 is 0. The second kappa shape index (κ2) is 9.16. The molecule has 8 nitrogen and oxygen atoms in total. The van der Waals surface area contributed by atoms with Crippen LogP contribution in [0.3, 0.4) is 0 Å². The van der Waals surface area contributed by atoms with E-state index in [0.29, 0.717) is 31.2 Å². The van der Waals surface area contributed by atoms with Crippen LogP contribution < -0.4 is 10.6 Å². The summed E-state index contributed by atoms with van der Waals surface area (Å²) in [6.45, 7) is 9.91. The van der Waals surface area contributed by atoms with Crippen LogP contribution in [0.4, 0.5) is 0 Å². The molecule has 1 aromatic carbocycles. The van der Waals surface area contributed by atoms with Crippen LogP contribution in [0.5, 0.6) is 0 Å². The largest absolute Gasteiger partial charge is 0.357 e. The van der Waals surface area contributed by atoms with Gasteiger partial charge >= 0.3 is 0 Å². The minimum atomic E-state index is 0.545. The number of rotatable bonds is 7. The van der Waals surface area contributed by atoms with Crippen molar-refractivity contribution in [1.29, 1.82) is 0 Å². The summed E-state index contributed by atoms with van der Waals surface area (Å²) in [5.41, 5.74) is 4.27. The zero-order valence-corrected chi connectivity index (χ0v) is 16.9. The predicted octanol–water partition coefficient (Wildman–Crippen LogP) is 2.48. The van der Waals surface area contributed by atoms with E-state index in [1.165, 1.54) is 0 Å². The average Bonchev–Trinajstić information content (AvgIpc) is 3.24. The van der Waals surface area contributed by atoms with Crippen LogP contribution in [0.2, 0.25) is 0 Å². The van der Waals surface area contributed by atoms with Crippen molar-refractivity contribution in [3.63, 3.8) is 0 Å². The summed E-state index contributed by atoms with van der Waals surface area (Å²) < 4.78 is 7.11. The highest BCUT2D eigenvalue weighted by Gasteiger charge is 2.09. The van der Waals surface area contributed by atoms with Crippen molar-refractivity contribution in [3.8, 4) is 5.69 Å². The maximum atomic E-state index is 5.14. The molecule has 3 aromatic rings. The van der Waals surface area contributed by atoms with E-state index in [2.05, 4.69) is 51.0 Å². The van der Waals surface area contributed by atoms with Gasteiger partial charge in [-0.05, 0) is 45.4 Å². The molecule has 0 amide bonds. The first-order chi connectivity index (χ1) is 13.6. The van der Waals surface area contributed by atoms with Crippen molar-refractivity contribution >= 4 is 5.96 Å². The molecule has 0 bridgehead atoms. The molecular formula is C20H27N7O. The van der Waals surface area contributed by atoms with E-state index < -0.39 is 0 Å². The van der Waals surface area contributed by atoms with Gasteiger partial charge in [-0.2, -0.15) is 10.1 Å². The van der Waals surface area contributed by atoms with Crippen molar-refractivity contribution in [2.45, 2.75) is 40.7 Å². The summed E-state index contributed by atoms with van der Waals surface area (Å²) in [5, 5.41) is 15.0. The molecular weight excluding hydrogens is 354 g/mol. The fourth-order valence-electron chi connectivity index (χ4n) is 2.96.